The Bertz CT molecular complexity index is 3320. The fourth-order valence-electron chi connectivity index (χ4n) is 3.99. The minimum Gasteiger partial charge on any atom is -0.859 e. The van der Waals surface area contributed by atoms with Crippen LogP contribution in [0.2, 0.25) is 29.9 Å². The molecule has 0 aliphatic heterocycles. The number of urea groups is 1. The summed E-state index contributed by atoms with van der Waals surface area (Å²) in [4.78, 5) is 158. The topological polar surface area (TPSA) is 506 Å². The Hall–Kier alpha value is -8.86. The van der Waals surface area contributed by atoms with E-state index in [4.69, 9.17) is 48.8 Å². The number of pyridine rings is 5. The molecule has 0 saturated heterocycles. The second kappa shape index (κ2) is 48.9. The number of nitrogens with zero attached hydrogens (tertiary/aromatic N) is 5. The summed E-state index contributed by atoms with van der Waals surface area (Å²) < 4.78 is 93.7. The summed E-state index contributed by atoms with van der Waals surface area (Å²) in [7, 11) is 5.80. The zero-order valence-corrected chi connectivity index (χ0v) is 55.4. The maximum atomic E-state index is 11.2. The van der Waals surface area contributed by atoms with Crippen molar-refractivity contribution >= 4 is 91.3 Å². The Balaban J connectivity index is -0.000000228. The number of aromatic nitrogens is 5. The van der Waals surface area contributed by atoms with Crippen molar-refractivity contribution in [2.75, 3.05) is 42.7 Å². The van der Waals surface area contributed by atoms with Gasteiger partial charge < -0.3 is 69.9 Å². The number of alkyl halides is 6. The third kappa shape index (κ3) is 47.1. The molecule has 2 amide bonds. The maximum Gasteiger partial charge on any atom is 1.00 e. The van der Waals surface area contributed by atoms with E-state index in [1.54, 1.807) is 25.7 Å². The third-order valence-corrected chi connectivity index (χ3v) is 8.02. The zero-order valence-electron chi connectivity index (χ0n) is 49.8. The monoisotopic (exact) mass is 1410 g/mol. The standard InChI is InChI=1S/C8H9NO4.C7H6ClNO3.C7H6ClNO2.2C7H7NO4.2C4H3F3O3.C3H9OSi.CH4N2O.K.H2O2/c1-12-8(11)6-3-4-7(10)9(5-6)13-2;1-12-7(10)5-2-3-6(8)9(11)4-5;1-11-7(10)5-2-3-6(8)9-4-5;1-12-7(10)5-2-3-6(9)8(11)4-5;1-12-8-4-5(7(10)11)2-3-6(8)9;2*1-2(8)10-3(9)4(5,6)7;1-5(2,3)4;2-1(3)4;;1-2/h3-5H,1-2H3;2-4H,1H3;2-4H,1H3;2-4,11H,1H3;2-4H,1H3,(H,10,11);2*1H3;1-3H3;(H4,2,3,4);;1-2H/q;;;;;;;-1;;+1;. The summed E-state index contributed by atoms with van der Waals surface area (Å²) in [6.45, 7) is 6.74. The van der Waals surface area contributed by atoms with Gasteiger partial charge in [0.1, 0.15) is 24.9 Å². The number of hydrogen-bond acceptors (Lipinski definition) is 27. The van der Waals surface area contributed by atoms with E-state index >= 15 is 0 Å². The number of carbonyl (C=O) groups is 10. The van der Waals surface area contributed by atoms with E-state index in [9.17, 15) is 93.9 Å². The van der Waals surface area contributed by atoms with Gasteiger partial charge in [0.15, 0.2) is 6.20 Å². The molecule has 8 N–H and O–H groups in total. The molecule has 92 heavy (non-hydrogen) atoms. The number of amides is 2. The molecule has 5 heterocycles. The van der Waals surface area contributed by atoms with Crippen LogP contribution in [0.1, 0.15) is 65.6 Å². The van der Waals surface area contributed by atoms with Crippen molar-refractivity contribution in [1.82, 2.24) is 19.2 Å². The van der Waals surface area contributed by atoms with E-state index in [1.807, 2.05) is 0 Å². The molecule has 44 heteroatoms. The molecule has 0 radical (unpaired) electrons. The molecule has 0 unspecified atom stereocenters. The SMILES string of the molecule is CC(=O)OC(=O)C(F)(F)F.CC(=O)OC(=O)C(F)(F)F.COC(=O)c1ccc(=O)n(O)c1.COC(=O)c1ccc(=O)n(OC)c1.COC(=O)c1ccc(Cl)[n+]([O-])c1.COC(=O)c1ccc(Cl)nc1.COn1cc(C(=O)O)ccc1=O.C[Si](C)(C)[O-].NC(N)=O.OO.[K+]. The fourth-order valence-corrected chi connectivity index (χ4v) is 4.22. The minimum absolute atomic E-state index is 0. The number of carbonyl (C=O) groups excluding carboxylic acids is 9. The van der Waals surface area contributed by atoms with Crippen LogP contribution in [0.4, 0.5) is 31.1 Å². The summed E-state index contributed by atoms with van der Waals surface area (Å²) in [5.74, 6) is -10.7. The van der Waals surface area contributed by atoms with E-state index in [1.165, 1.54) is 97.5 Å². The quantitative estimate of drug-likeness (QED) is 0.00968. The molecule has 34 nitrogen and oxygen atoms in total. The number of esters is 8. The normalized spacial score (nSPS) is 9.46. The second-order valence-corrected chi connectivity index (χ2v) is 20.6. The molecule has 0 aliphatic rings. The first-order chi connectivity index (χ1) is 41.8. The van der Waals surface area contributed by atoms with Gasteiger partial charge in [-0.3, -0.25) is 34.5 Å². The van der Waals surface area contributed by atoms with Crippen LogP contribution >= 0.6 is 23.2 Å². The molecule has 0 saturated carbocycles. The maximum absolute atomic E-state index is 11.2. The Labute approximate surface area is 566 Å². The van der Waals surface area contributed by atoms with Crippen LogP contribution in [-0.4, -0.2) is 163 Å². The van der Waals surface area contributed by atoms with Crippen LogP contribution in [0.3, 0.4) is 0 Å². The van der Waals surface area contributed by atoms with Gasteiger partial charge in [0.2, 0.25) is 0 Å². The number of carboxylic acid groups (broad SMARTS) is 1. The van der Waals surface area contributed by atoms with Crippen molar-refractivity contribution < 1.29 is 194 Å². The molecule has 0 aromatic carbocycles. The molecule has 0 spiro atoms. The summed E-state index contributed by atoms with van der Waals surface area (Å²) in [5.41, 5.74) is 8.15. The summed E-state index contributed by atoms with van der Waals surface area (Å²) >= 11 is 10.9. The van der Waals surface area contributed by atoms with Crippen molar-refractivity contribution in [3.8, 4) is 0 Å². The zero-order chi connectivity index (χ0) is 72.3. The van der Waals surface area contributed by atoms with Crippen LogP contribution < -0.4 is 98.7 Å². The number of nitrogens with two attached hydrogens (primary N) is 2. The molecule has 5 aromatic rings. The van der Waals surface area contributed by atoms with Crippen molar-refractivity contribution in [1.29, 1.82) is 0 Å². The van der Waals surface area contributed by atoms with Crippen molar-refractivity contribution in [2.24, 2.45) is 11.5 Å². The minimum atomic E-state index is -5.09. The summed E-state index contributed by atoms with van der Waals surface area (Å²) in [6.07, 6.45) is -4.37. The van der Waals surface area contributed by atoms with Crippen LogP contribution in [0.5, 0.6) is 0 Å². The largest absolute Gasteiger partial charge is 1.00 e. The van der Waals surface area contributed by atoms with Crippen LogP contribution in [-0.2, 0) is 47.6 Å². The molecule has 0 bridgehead atoms. The number of hydrogen-bond donors (Lipinski definition) is 6. The Morgan fingerprint density at radius 3 is 1.15 bits per heavy atom. The van der Waals surface area contributed by atoms with E-state index in [0.717, 1.165) is 40.2 Å². The number of ether oxygens (including phenoxy) is 6. The van der Waals surface area contributed by atoms with E-state index in [2.05, 4.69) is 54.5 Å². The Morgan fingerprint density at radius 2 is 0.870 bits per heavy atom. The number of halogens is 8. The molecule has 0 atom stereocenters. The van der Waals surface area contributed by atoms with Crippen LogP contribution in [0.15, 0.2) is 106 Å². The van der Waals surface area contributed by atoms with E-state index < -0.39 is 91.5 Å². The smallest absolute Gasteiger partial charge is 0.859 e. The van der Waals surface area contributed by atoms with Gasteiger partial charge in [0.05, 0.1) is 69.3 Å². The number of primary amides is 2. The second-order valence-electron chi connectivity index (χ2n) is 15.6. The average molecular weight is 1420 g/mol. The number of rotatable bonds is 7. The van der Waals surface area contributed by atoms with Crippen molar-refractivity contribution in [3.05, 3.63) is 166 Å². The van der Waals surface area contributed by atoms with E-state index in [0.29, 0.717) is 34.0 Å². The predicted molar refractivity (Wildman–Crippen MR) is 294 cm³/mol. The molecular formula is C48H56Cl2F6KN7O27Si. The van der Waals surface area contributed by atoms with Crippen LogP contribution in [0, 0.1) is 5.21 Å². The average Bonchev–Trinajstić information content (AvgIpc) is 1.30. The van der Waals surface area contributed by atoms with Gasteiger partial charge in [-0.25, -0.2) is 43.3 Å². The first-order valence-corrected chi connectivity index (χ1v) is 27.0. The van der Waals surface area contributed by atoms with Crippen LogP contribution in [0.25, 0.3) is 0 Å². The molecule has 5 aromatic heterocycles. The predicted octanol–water partition coefficient (Wildman–Crippen LogP) is -1.04. The Kier molecular flexibility index (Phi) is 50.1. The number of carboxylic acids is 1. The third-order valence-electron chi connectivity index (χ3n) is 7.51. The first kappa shape index (κ1) is 94.3. The molecule has 0 fully saturated rings. The number of aromatic carboxylic acids is 1. The van der Waals surface area contributed by atoms with Crippen molar-refractivity contribution in [2.45, 2.75) is 45.8 Å². The van der Waals surface area contributed by atoms with Crippen molar-refractivity contribution in [3.63, 3.8) is 0 Å². The molecule has 506 valence electrons. The van der Waals surface area contributed by atoms with Gasteiger partial charge in [-0.05, 0) is 48.0 Å². The van der Waals surface area contributed by atoms with E-state index in [-0.39, 0.29) is 84.4 Å². The van der Waals surface area contributed by atoms with Gasteiger partial charge in [-0.15, -0.1) is 0 Å². The van der Waals surface area contributed by atoms with Gasteiger partial charge in [0.25, 0.3) is 21.8 Å². The molecular weight excluding hydrogens is 1360 g/mol. The molecule has 0 aliphatic carbocycles. The Morgan fingerprint density at radius 1 is 0.565 bits per heavy atom. The van der Waals surface area contributed by atoms with Gasteiger partial charge in [-0.2, -0.15) is 45.3 Å². The fraction of sp³-hybridized carbons (Fsp3) is 0.271. The van der Waals surface area contributed by atoms with Gasteiger partial charge in [-0.1, -0.05) is 39.6 Å². The number of methoxy groups -OCH3 is 4. The van der Waals surface area contributed by atoms with Gasteiger partial charge in [0, 0.05) is 44.3 Å². The molecule has 5 rings (SSSR count). The summed E-state index contributed by atoms with van der Waals surface area (Å²) in [5, 5.41) is 40.6. The van der Waals surface area contributed by atoms with Gasteiger partial charge >= 0.3 is 123 Å². The summed E-state index contributed by atoms with van der Waals surface area (Å²) in [6, 6.07) is 12.3. The first-order valence-electron chi connectivity index (χ1n) is 22.9.